The molecule has 0 atom stereocenters. The van der Waals surface area contributed by atoms with Gasteiger partial charge < -0.3 is 0 Å². The Morgan fingerprint density at radius 1 is 0.138 bits per heavy atom. The SMILES string of the molecule is c1ccc(-c2cccc(-c3c4ccccc4c(-c4ccc(-c5c6ccccc6c(-c6cccc(-c7ccccc7)c6)c6ccccc56)cc4)c4ccccc34)c2)cc1. The van der Waals surface area contributed by atoms with E-state index >= 15 is 0 Å². The molecule has 0 bridgehead atoms. The Hall–Kier alpha value is -7.54. The van der Waals surface area contributed by atoms with Crippen molar-refractivity contribution in [3.63, 3.8) is 0 Å². The van der Waals surface area contributed by atoms with Crippen LogP contribution in [-0.4, -0.2) is 0 Å². The summed E-state index contributed by atoms with van der Waals surface area (Å²) in [4.78, 5) is 0. The van der Waals surface area contributed by atoms with Gasteiger partial charge in [-0.05, 0) is 122 Å². The highest BCUT2D eigenvalue weighted by Gasteiger charge is 2.19. The molecule has 0 saturated heterocycles. The zero-order chi connectivity index (χ0) is 38.4. The summed E-state index contributed by atoms with van der Waals surface area (Å²) in [7, 11) is 0. The van der Waals surface area contributed by atoms with E-state index in [1.165, 1.54) is 110 Å². The molecule has 0 unspecified atom stereocenters. The van der Waals surface area contributed by atoms with Crippen LogP contribution in [0.4, 0.5) is 0 Å². The van der Waals surface area contributed by atoms with Crippen molar-refractivity contribution in [1.82, 2.24) is 0 Å². The largest absolute Gasteiger partial charge is 0.0622 e. The van der Waals surface area contributed by atoms with Crippen molar-refractivity contribution >= 4 is 43.1 Å². The second-order valence-electron chi connectivity index (χ2n) is 15.2. The maximum atomic E-state index is 2.35. The van der Waals surface area contributed by atoms with Crippen LogP contribution in [0.5, 0.6) is 0 Å². The van der Waals surface area contributed by atoms with E-state index in [1.54, 1.807) is 0 Å². The molecular formula is C58H38. The predicted octanol–water partition coefficient (Wildman–Crippen LogP) is 16.3. The fourth-order valence-corrected chi connectivity index (χ4v) is 9.27. The van der Waals surface area contributed by atoms with E-state index in [-0.39, 0.29) is 0 Å². The van der Waals surface area contributed by atoms with Gasteiger partial charge in [-0.15, -0.1) is 0 Å². The summed E-state index contributed by atoms with van der Waals surface area (Å²) < 4.78 is 0. The van der Waals surface area contributed by atoms with Crippen molar-refractivity contribution in [2.45, 2.75) is 0 Å². The van der Waals surface area contributed by atoms with Gasteiger partial charge in [-0.3, -0.25) is 0 Å². The molecule has 0 saturated carbocycles. The molecule has 270 valence electrons. The average Bonchev–Trinajstić information content (AvgIpc) is 3.30. The third-order valence-corrected chi connectivity index (χ3v) is 11.8. The fraction of sp³-hybridized carbons (Fsp3) is 0. The molecule has 11 aromatic rings. The van der Waals surface area contributed by atoms with Crippen molar-refractivity contribution in [2.75, 3.05) is 0 Å². The van der Waals surface area contributed by atoms with Gasteiger partial charge in [0.05, 0.1) is 0 Å². The molecule has 0 heterocycles. The first-order chi connectivity index (χ1) is 28.8. The Kier molecular flexibility index (Phi) is 8.26. The molecule has 0 spiro atoms. The standard InChI is InChI=1S/C58H38/c1-3-17-39(18-4-1)43-21-15-23-45(37-43)57-51-29-11-7-25-47(51)55(48-26-8-12-30-52(48)57)41-33-35-42(36-34-41)56-49-27-9-13-31-53(49)58(54-32-14-10-28-50(54)56)46-24-16-22-44(38-46)40-19-5-2-6-20-40/h1-38H. The first-order valence-corrected chi connectivity index (χ1v) is 20.1. The van der Waals surface area contributed by atoms with Gasteiger partial charge in [-0.1, -0.05) is 218 Å². The minimum Gasteiger partial charge on any atom is -0.0622 e. The lowest BCUT2D eigenvalue weighted by atomic mass is 9.84. The Morgan fingerprint density at radius 3 is 0.655 bits per heavy atom. The quantitative estimate of drug-likeness (QED) is 0.149. The van der Waals surface area contributed by atoms with Crippen LogP contribution in [0, 0.1) is 0 Å². The Morgan fingerprint density at radius 2 is 0.362 bits per heavy atom. The van der Waals surface area contributed by atoms with Crippen molar-refractivity contribution < 1.29 is 0 Å². The van der Waals surface area contributed by atoms with Crippen LogP contribution in [0.25, 0.3) is 110 Å². The molecule has 0 N–H and O–H groups in total. The highest BCUT2D eigenvalue weighted by Crippen LogP contribution is 2.47. The number of hydrogen-bond acceptors (Lipinski definition) is 0. The van der Waals surface area contributed by atoms with Crippen LogP contribution >= 0.6 is 0 Å². The first-order valence-electron chi connectivity index (χ1n) is 20.1. The molecule has 58 heavy (non-hydrogen) atoms. The van der Waals surface area contributed by atoms with Gasteiger partial charge >= 0.3 is 0 Å². The maximum Gasteiger partial charge on any atom is -0.00262 e. The third kappa shape index (κ3) is 5.69. The van der Waals surface area contributed by atoms with Gasteiger partial charge in [0.1, 0.15) is 0 Å². The Bertz CT molecular complexity index is 2960. The van der Waals surface area contributed by atoms with Crippen molar-refractivity contribution in [3.8, 4) is 66.8 Å². The number of benzene rings is 11. The molecule has 0 aliphatic heterocycles. The van der Waals surface area contributed by atoms with E-state index in [4.69, 9.17) is 0 Å². The van der Waals surface area contributed by atoms with Crippen molar-refractivity contribution in [2.24, 2.45) is 0 Å². The normalized spacial score (nSPS) is 11.4. The van der Waals surface area contributed by atoms with Gasteiger partial charge in [0.15, 0.2) is 0 Å². The van der Waals surface area contributed by atoms with E-state index in [0.717, 1.165) is 0 Å². The summed E-state index contributed by atoms with van der Waals surface area (Å²) >= 11 is 0. The number of fused-ring (bicyclic) bond motifs is 4. The molecule has 0 amide bonds. The van der Waals surface area contributed by atoms with Gasteiger partial charge in [0.2, 0.25) is 0 Å². The van der Waals surface area contributed by atoms with Crippen molar-refractivity contribution in [1.29, 1.82) is 0 Å². The molecular weight excluding hydrogens is 697 g/mol. The molecule has 0 radical (unpaired) electrons. The smallest absolute Gasteiger partial charge is 0.00262 e. The monoisotopic (exact) mass is 734 g/mol. The average molecular weight is 735 g/mol. The van der Waals surface area contributed by atoms with Crippen LogP contribution in [0.15, 0.2) is 231 Å². The lowest BCUT2D eigenvalue weighted by molar-refractivity contribution is 1.60. The minimum absolute atomic E-state index is 1.21. The number of rotatable bonds is 6. The minimum atomic E-state index is 1.21. The zero-order valence-electron chi connectivity index (χ0n) is 31.9. The van der Waals surface area contributed by atoms with E-state index in [0.29, 0.717) is 0 Å². The predicted molar refractivity (Wildman–Crippen MR) is 249 cm³/mol. The second kappa shape index (κ2) is 14.2. The highest BCUT2D eigenvalue weighted by molar-refractivity contribution is 6.23. The molecule has 0 heteroatoms. The molecule has 0 aliphatic rings. The van der Waals surface area contributed by atoms with Crippen molar-refractivity contribution in [3.05, 3.63) is 231 Å². The summed E-state index contributed by atoms with van der Waals surface area (Å²) in [6, 6.07) is 84.4. The maximum absolute atomic E-state index is 2.35. The number of hydrogen-bond donors (Lipinski definition) is 0. The van der Waals surface area contributed by atoms with Crippen LogP contribution in [0.2, 0.25) is 0 Å². The fourth-order valence-electron chi connectivity index (χ4n) is 9.27. The van der Waals surface area contributed by atoms with Gasteiger partial charge in [0, 0.05) is 0 Å². The lowest BCUT2D eigenvalue weighted by Crippen LogP contribution is -1.92. The summed E-state index contributed by atoms with van der Waals surface area (Å²) in [5.41, 5.74) is 14.9. The zero-order valence-corrected chi connectivity index (χ0v) is 31.9. The summed E-state index contributed by atoms with van der Waals surface area (Å²) in [6.07, 6.45) is 0. The van der Waals surface area contributed by atoms with Crippen LogP contribution in [0.1, 0.15) is 0 Å². The van der Waals surface area contributed by atoms with Gasteiger partial charge in [-0.25, -0.2) is 0 Å². The van der Waals surface area contributed by atoms with E-state index < -0.39 is 0 Å². The summed E-state index contributed by atoms with van der Waals surface area (Å²) in [6.45, 7) is 0. The first kappa shape index (κ1) is 33.8. The molecule has 11 rings (SSSR count). The topological polar surface area (TPSA) is 0 Å². The molecule has 11 aromatic carbocycles. The van der Waals surface area contributed by atoms with Gasteiger partial charge in [-0.2, -0.15) is 0 Å². The van der Waals surface area contributed by atoms with Crippen LogP contribution in [-0.2, 0) is 0 Å². The molecule has 0 nitrogen and oxygen atoms in total. The Balaban J connectivity index is 1.08. The van der Waals surface area contributed by atoms with Crippen LogP contribution < -0.4 is 0 Å². The molecule has 0 aliphatic carbocycles. The Labute approximate surface area is 339 Å². The third-order valence-electron chi connectivity index (χ3n) is 11.8. The highest BCUT2D eigenvalue weighted by atomic mass is 14.2. The lowest BCUT2D eigenvalue weighted by Gasteiger charge is -2.19. The summed E-state index contributed by atoms with van der Waals surface area (Å²) in [5.74, 6) is 0. The van der Waals surface area contributed by atoms with Gasteiger partial charge in [0.25, 0.3) is 0 Å². The summed E-state index contributed by atoms with van der Waals surface area (Å²) in [5, 5.41) is 10.1. The second-order valence-corrected chi connectivity index (χ2v) is 15.2. The van der Waals surface area contributed by atoms with Crippen LogP contribution in [0.3, 0.4) is 0 Å². The van der Waals surface area contributed by atoms with E-state index in [1.807, 2.05) is 0 Å². The molecule has 0 fully saturated rings. The molecule has 0 aromatic heterocycles. The van der Waals surface area contributed by atoms with E-state index in [2.05, 4.69) is 231 Å². The van der Waals surface area contributed by atoms with E-state index in [9.17, 15) is 0 Å².